The maximum absolute atomic E-state index is 12.3. The molecule has 0 aliphatic carbocycles. The molecule has 2 heterocycles. The quantitative estimate of drug-likeness (QED) is 0.906. The number of amides is 1. The second kappa shape index (κ2) is 6.88. The second-order valence-corrected chi connectivity index (χ2v) is 5.66. The molecule has 1 fully saturated rings. The summed E-state index contributed by atoms with van der Waals surface area (Å²) >= 11 is 3.30. The number of hydrogen-bond acceptors (Lipinski definition) is 5. The van der Waals surface area contributed by atoms with Crippen molar-refractivity contribution in [1.82, 2.24) is 14.9 Å². The summed E-state index contributed by atoms with van der Waals surface area (Å²) in [6, 6.07) is -0.348. The molecule has 0 saturated carbocycles. The van der Waals surface area contributed by atoms with Crippen molar-refractivity contribution in [1.29, 1.82) is 0 Å². The summed E-state index contributed by atoms with van der Waals surface area (Å²) in [6.07, 6.45) is 4.98. The lowest BCUT2D eigenvalue weighted by molar-refractivity contribution is -0.132. The van der Waals surface area contributed by atoms with Gasteiger partial charge in [-0.15, -0.1) is 0 Å². The predicted octanol–water partition coefficient (Wildman–Crippen LogP) is 2.06. The van der Waals surface area contributed by atoms with Crippen molar-refractivity contribution in [3.63, 3.8) is 0 Å². The molecular weight excluding hydrogens is 324 g/mol. The van der Waals surface area contributed by atoms with Crippen molar-refractivity contribution in [2.45, 2.75) is 32.2 Å². The van der Waals surface area contributed by atoms with Crippen LogP contribution in [0, 0.1) is 0 Å². The van der Waals surface area contributed by atoms with E-state index >= 15 is 0 Å². The Morgan fingerprint density at radius 2 is 2.15 bits per heavy atom. The first-order valence-electron chi connectivity index (χ1n) is 6.73. The Hall–Kier alpha value is -1.37. The van der Waals surface area contributed by atoms with Gasteiger partial charge in [-0.2, -0.15) is 4.98 Å². The molecule has 1 saturated heterocycles. The number of ether oxygens (including phenoxy) is 1. The number of halogens is 1. The van der Waals surface area contributed by atoms with Crippen LogP contribution >= 0.6 is 15.9 Å². The molecule has 0 spiro atoms. The molecule has 1 aliphatic rings. The fraction of sp³-hybridized carbons (Fsp3) is 0.615. The van der Waals surface area contributed by atoms with E-state index < -0.39 is 0 Å². The Labute approximate surface area is 127 Å². The highest BCUT2D eigenvalue weighted by molar-refractivity contribution is 9.10. The van der Waals surface area contributed by atoms with Gasteiger partial charge >= 0.3 is 0 Å². The minimum Gasteiger partial charge on any atom is -0.480 e. The van der Waals surface area contributed by atoms with Gasteiger partial charge in [0.15, 0.2) is 0 Å². The van der Waals surface area contributed by atoms with Gasteiger partial charge in [0.1, 0.15) is 6.04 Å². The topological polar surface area (TPSA) is 67.3 Å². The third-order valence-electron chi connectivity index (χ3n) is 3.29. The molecule has 1 amide bonds. The molecule has 0 aromatic carbocycles. The van der Waals surface area contributed by atoms with E-state index in [4.69, 9.17) is 4.74 Å². The van der Waals surface area contributed by atoms with Crippen LogP contribution in [0.15, 0.2) is 10.7 Å². The molecule has 0 bridgehead atoms. The number of rotatable bonds is 4. The Morgan fingerprint density at radius 1 is 1.45 bits per heavy atom. The molecule has 0 radical (unpaired) electrons. The number of anilines is 1. The van der Waals surface area contributed by atoms with E-state index in [9.17, 15) is 4.79 Å². The van der Waals surface area contributed by atoms with Gasteiger partial charge in [0.25, 0.3) is 0 Å². The van der Waals surface area contributed by atoms with Gasteiger partial charge in [-0.1, -0.05) is 0 Å². The van der Waals surface area contributed by atoms with E-state index in [1.165, 1.54) is 6.42 Å². The first-order valence-corrected chi connectivity index (χ1v) is 7.53. The number of nitrogens with one attached hydrogen (secondary N) is 1. The first kappa shape index (κ1) is 15.0. The van der Waals surface area contributed by atoms with Crippen molar-refractivity contribution in [2.24, 2.45) is 0 Å². The lowest BCUT2D eigenvalue weighted by Gasteiger charge is -2.29. The van der Waals surface area contributed by atoms with Gasteiger partial charge in [-0.3, -0.25) is 4.79 Å². The number of nitrogens with zero attached hydrogens (tertiary/aromatic N) is 3. The average molecular weight is 343 g/mol. The second-order valence-electron chi connectivity index (χ2n) is 4.80. The lowest BCUT2D eigenvalue weighted by atomic mass is 10.1. The van der Waals surface area contributed by atoms with E-state index in [1.807, 2.05) is 11.8 Å². The van der Waals surface area contributed by atoms with Crippen LogP contribution in [-0.2, 0) is 4.79 Å². The minimum atomic E-state index is -0.348. The minimum absolute atomic E-state index is 0.0928. The number of likely N-dealkylation sites (tertiary alicyclic amines) is 1. The molecule has 1 aromatic rings. The molecule has 1 unspecified atom stereocenters. The summed E-state index contributed by atoms with van der Waals surface area (Å²) in [5, 5.41) is 3.03. The van der Waals surface area contributed by atoms with E-state index in [-0.39, 0.29) is 11.9 Å². The van der Waals surface area contributed by atoms with Gasteiger partial charge in [0, 0.05) is 13.1 Å². The van der Waals surface area contributed by atoms with E-state index in [0.717, 1.165) is 25.9 Å². The van der Waals surface area contributed by atoms with Crippen LogP contribution in [0.2, 0.25) is 0 Å². The molecule has 1 aromatic heterocycles. The van der Waals surface area contributed by atoms with Gasteiger partial charge < -0.3 is 15.0 Å². The summed E-state index contributed by atoms with van der Waals surface area (Å²) in [7, 11) is 1.54. The van der Waals surface area contributed by atoms with Crippen molar-refractivity contribution < 1.29 is 9.53 Å². The van der Waals surface area contributed by atoms with E-state index in [2.05, 4.69) is 31.2 Å². The molecule has 6 nitrogen and oxygen atoms in total. The first-order chi connectivity index (χ1) is 9.61. The van der Waals surface area contributed by atoms with Gasteiger partial charge in [-0.05, 0) is 42.1 Å². The molecule has 1 N–H and O–H groups in total. The SMILES string of the molecule is COc1nc(NC(C)C(=O)N2CCCCC2)ncc1Br. The van der Waals surface area contributed by atoms with Crippen LogP contribution in [0.3, 0.4) is 0 Å². The van der Waals surface area contributed by atoms with Crippen LogP contribution in [0.25, 0.3) is 0 Å². The molecule has 20 heavy (non-hydrogen) atoms. The smallest absolute Gasteiger partial charge is 0.244 e. The maximum atomic E-state index is 12.3. The van der Waals surface area contributed by atoms with Crippen molar-refractivity contribution in [2.75, 3.05) is 25.5 Å². The molecule has 1 atom stereocenters. The van der Waals surface area contributed by atoms with Crippen LogP contribution in [0.4, 0.5) is 5.95 Å². The zero-order chi connectivity index (χ0) is 14.5. The molecule has 2 rings (SSSR count). The largest absolute Gasteiger partial charge is 0.480 e. The van der Waals surface area contributed by atoms with Crippen molar-refractivity contribution in [3.05, 3.63) is 10.7 Å². The average Bonchev–Trinajstić information content (AvgIpc) is 2.49. The third-order valence-corrected chi connectivity index (χ3v) is 3.83. The summed E-state index contributed by atoms with van der Waals surface area (Å²) < 4.78 is 5.79. The highest BCUT2D eigenvalue weighted by atomic mass is 79.9. The van der Waals surface area contributed by atoms with Crippen LogP contribution in [0.5, 0.6) is 5.88 Å². The Morgan fingerprint density at radius 3 is 2.80 bits per heavy atom. The molecule has 110 valence electrons. The van der Waals surface area contributed by atoms with Gasteiger partial charge in [0.2, 0.25) is 17.7 Å². The number of piperidine rings is 1. The summed E-state index contributed by atoms with van der Waals surface area (Å²) in [6.45, 7) is 3.51. The monoisotopic (exact) mass is 342 g/mol. The fourth-order valence-electron chi connectivity index (χ4n) is 2.21. The number of aromatic nitrogens is 2. The summed E-state index contributed by atoms with van der Waals surface area (Å²) in [4.78, 5) is 22.5. The van der Waals surface area contributed by atoms with Gasteiger partial charge in [0.05, 0.1) is 17.8 Å². The predicted molar refractivity (Wildman–Crippen MR) is 79.8 cm³/mol. The van der Waals surface area contributed by atoms with Crippen molar-refractivity contribution in [3.8, 4) is 5.88 Å². The zero-order valence-corrected chi connectivity index (χ0v) is 13.3. The highest BCUT2D eigenvalue weighted by Gasteiger charge is 2.22. The number of methoxy groups -OCH3 is 1. The number of carbonyl (C=O) groups excluding carboxylic acids is 1. The molecular formula is C13H19BrN4O2. The Kier molecular flexibility index (Phi) is 5.17. The highest BCUT2D eigenvalue weighted by Crippen LogP contribution is 2.22. The zero-order valence-electron chi connectivity index (χ0n) is 11.7. The van der Waals surface area contributed by atoms with E-state index in [1.54, 1.807) is 13.3 Å². The summed E-state index contributed by atoms with van der Waals surface area (Å²) in [5.74, 6) is 0.929. The fourth-order valence-corrected chi connectivity index (χ4v) is 2.56. The van der Waals surface area contributed by atoms with E-state index in [0.29, 0.717) is 16.3 Å². The normalized spacial score (nSPS) is 16.6. The Bertz CT molecular complexity index is 477. The summed E-state index contributed by atoms with van der Waals surface area (Å²) in [5.41, 5.74) is 0. The number of carbonyl (C=O) groups is 1. The van der Waals surface area contributed by atoms with Crippen molar-refractivity contribution >= 4 is 27.8 Å². The molecule has 1 aliphatic heterocycles. The third kappa shape index (κ3) is 3.59. The Balaban J connectivity index is 1.99. The van der Waals surface area contributed by atoms with Crippen LogP contribution < -0.4 is 10.1 Å². The lowest BCUT2D eigenvalue weighted by Crippen LogP contribution is -2.44. The van der Waals surface area contributed by atoms with Crippen LogP contribution in [0.1, 0.15) is 26.2 Å². The maximum Gasteiger partial charge on any atom is 0.244 e. The van der Waals surface area contributed by atoms with Gasteiger partial charge in [-0.25, -0.2) is 4.98 Å². The molecule has 7 heteroatoms. The number of hydrogen-bond donors (Lipinski definition) is 1. The van der Waals surface area contributed by atoms with Crippen LogP contribution in [-0.4, -0.2) is 47.0 Å². The standard InChI is InChI=1S/C13H19BrN4O2/c1-9(12(19)18-6-4-3-5-7-18)16-13-15-8-10(14)11(17-13)20-2/h8-9H,3-7H2,1-2H3,(H,15,16,17).